The van der Waals surface area contributed by atoms with Crippen LogP contribution >= 0.6 is 15.9 Å². The molecule has 1 aliphatic heterocycles. The molecule has 1 N–H and O–H groups in total. The van der Waals surface area contributed by atoms with Crippen LogP contribution in [0.2, 0.25) is 0 Å². The van der Waals surface area contributed by atoms with Gasteiger partial charge in [-0.05, 0) is 25.0 Å². The molecular weight excluding hydrogens is 372 g/mol. The van der Waals surface area contributed by atoms with Crippen LogP contribution < -0.4 is 4.90 Å². The van der Waals surface area contributed by atoms with Crippen LogP contribution in [0, 0.1) is 0 Å². The second-order valence-electron chi connectivity index (χ2n) is 5.81. The number of benzene rings is 1. The van der Waals surface area contributed by atoms with Gasteiger partial charge in [-0.1, -0.05) is 28.1 Å². The number of aromatic carboxylic acids is 1. The maximum Gasteiger partial charge on any atom is 0.354 e. The van der Waals surface area contributed by atoms with Gasteiger partial charge in [0.1, 0.15) is 5.82 Å². The standard InChI is InChI=1S/C17H15BrN4O2/c18-12-5-3-11(4-6-12)13-9-15-19-14(17(23)24)10-16(22(15)20-13)21-7-1-2-8-21/h3-6,9-10H,1-2,7-8H2,(H,23,24). The second kappa shape index (κ2) is 5.90. The molecule has 1 saturated heterocycles. The third-order valence-corrected chi connectivity index (χ3v) is 4.73. The van der Waals surface area contributed by atoms with Gasteiger partial charge in [0, 0.05) is 35.3 Å². The fourth-order valence-electron chi connectivity index (χ4n) is 3.00. The summed E-state index contributed by atoms with van der Waals surface area (Å²) in [5.41, 5.74) is 2.34. The minimum absolute atomic E-state index is 0.0478. The predicted molar refractivity (Wildman–Crippen MR) is 94.5 cm³/mol. The average molecular weight is 387 g/mol. The highest BCUT2D eigenvalue weighted by atomic mass is 79.9. The number of carboxylic acids is 1. The van der Waals surface area contributed by atoms with E-state index >= 15 is 0 Å². The number of nitrogens with zero attached hydrogens (tertiary/aromatic N) is 4. The first-order valence-electron chi connectivity index (χ1n) is 7.77. The lowest BCUT2D eigenvalue weighted by Crippen LogP contribution is -2.22. The van der Waals surface area contributed by atoms with E-state index in [0.717, 1.165) is 47.5 Å². The molecule has 2 aromatic heterocycles. The van der Waals surface area contributed by atoms with Crippen molar-refractivity contribution in [1.29, 1.82) is 0 Å². The van der Waals surface area contributed by atoms with E-state index in [1.165, 1.54) is 0 Å². The Kier molecular flexibility index (Phi) is 3.72. The van der Waals surface area contributed by atoms with E-state index in [-0.39, 0.29) is 5.69 Å². The molecule has 0 aliphatic carbocycles. The van der Waals surface area contributed by atoms with Crippen molar-refractivity contribution in [2.45, 2.75) is 12.8 Å². The number of fused-ring (bicyclic) bond motifs is 1. The number of hydrogen-bond donors (Lipinski definition) is 1. The Morgan fingerprint density at radius 3 is 2.50 bits per heavy atom. The largest absolute Gasteiger partial charge is 0.477 e. The summed E-state index contributed by atoms with van der Waals surface area (Å²) in [6, 6.07) is 11.3. The third kappa shape index (κ3) is 2.65. The van der Waals surface area contributed by atoms with Gasteiger partial charge in [-0.15, -0.1) is 0 Å². The zero-order valence-electron chi connectivity index (χ0n) is 12.8. The maximum atomic E-state index is 11.4. The second-order valence-corrected chi connectivity index (χ2v) is 6.72. The SMILES string of the molecule is O=C(O)c1cc(N2CCCC2)n2nc(-c3ccc(Br)cc3)cc2n1. The van der Waals surface area contributed by atoms with E-state index in [1.54, 1.807) is 10.6 Å². The Morgan fingerprint density at radius 2 is 1.83 bits per heavy atom. The molecule has 24 heavy (non-hydrogen) atoms. The van der Waals surface area contributed by atoms with Gasteiger partial charge in [-0.25, -0.2) is 9.78 Å². The zero-order chi connectivity index (χ0) is 16.7. The summed E-state index contributed by atoms with van der Waals surface area (Å²) in [6.07, 6.45) is 2.21. The maximum absolute atomic E-state index is 11.4. The molecule has 0 spiro atoms. The minimum atomic E-state index is -1.02. The molecular formula is C17H15BrN4O2. The van der Waals surface area contributed by atoms with E-state index in [0.29, 0.717) is 5.65 Å². The number of halogens is 1. The number of rotatable bonds is 3. The smallest absolute Gasteiger partial charge is 0.354 e. The van der Waals surface area contributed by atoms with Gasteiger partial charge in [0.05, 0.1) is 5.69 Å². The molecule has 0 atom stereocenters. The van der Waals surface area contributed by atoms with Crippen molar-refractivity contribution in [3.8, 4) is 11.3 Å². The Morgan fingerprint density at radius 1 is 1.12 bits per heavy atom. The van der Waals surface area contributed by atoms with Crippen LogP contribution in [0.15, 0.2) is 40.9 Å². The van der Waals surface area contributed by atoms with Gasteiger partial charge in [0.2, 0.25) is 0 Å². The van der Waals surface area contributed by atoms with Crippen molar-refractivity contribution < 1.29 is 9.90 Å². The number of anilines is 1. The van der Waals surface area contributed by atoms with Gasteiger partial charge < -0.3 is 10.0 Å². The van der Waals surface area contributed by atoms with E-state index in [9.17, 15) is 9.90 Å². The lowest BCUT2D eigenvalue weighted by Gasteiger charge is -2.18. The van der Waals surface area contributed by atoms with Crippen molar-refractivity contribution in [2.75, 3.05) is 18.0 Å². The molecule has 0 unspecified atom stereocenters. The topological polar surface area (TPSA) is 70.7 Å². The predicted octanol–water partition coefficient (Wildman–Crippen LogP) is 3.46. The molecule has 122 valence electrons. The lowest BCUT2D eigenvalue weighted by molar-refractivity contribution is 0.0690. The molecule has 1 fully saturated rings. The normalized spacial score (nSPS) is 14.5. The summed E-state index contributed by atoms with van der Waals surface area (Å²) in [5, 5.41) is 14.0. The van der Waals surface area contributed by atoms with Crippen molar-refractivity contribution in [3.63, 3.8) is 0 Å². The molecule has 0 radical (unpaired) electrons. The van der Waals surface area contributed by atoms with Crippen molar-refractivity contribution in [3.05, 3.63) is 46.6 Å². The van der Waals surface area contributed by atoms with E-state index < -0.39 is 5.97 Å². The van der Waals surface area contributed by atoms with Crippen LogP contribution in [0.3, 0.4) is 0 Å². The Labute approximate surface area is 146 Å². The Balaban J connectivity index is 1.89. The molecule has 1 aromatic carbocycles. The molecule has 4 rings (SSSR count). The quantitative estimate of drug-likeness (QED) is 0.746. The molecule has 3 heterocycles. The molecule has 3 aromatic rings. The third-order valence-electron chi connectivity index (χ3n) is 4.20. The Hall–Kier alpha value is -2.41. The molecule has 7 heteroatoms. The van der Waals surface area contributed by atoms with Gasteiger partial charge >= 0.3 is 5.97 Å². The summed E-state index contributed by atoms with van der Waals surface area (Å²) in [6.45, 7) is 1.82. The Bertz CT molecular complexity index is 914. The minimum Gasteiger partial charge on any atom is -0.477 e. The number of hydrogen-bond acceptors (Lipinski definition) is 4. The molecule has 0 amide bonds. The van der Waals surface area contributed by atoms with Gasteiger partial charge in [0.15, 0.2) is 11.3 Å². The van der Waals surface area contributed by atoms with Gasteiger partial charge in [0.25, 0.3) is 0 Å². The first kappa shape index (κ1) is 15.1. The van der Waals surface area contributed by atoms with Gasteiger partial charge in [-0.2, -0.15) is 9.61 Å². The highest BCUT2D eigenvalue weighted by molar-refractivity contribution is 9.10. The molecule has 6 nitrogen and oxygen atoms in total. The van der Waals surface area contributed by atoms with Crippen LogP contribution in [0.4, 0.5) is 5.82 Å². The lowest BCUT2D eigenvalue weighted by atomic mass is 10.2. The van der Waals surface area contributed by atoms with E-state index in [2.05, 4.69) is 30.9 Å². The summed E-state index contributed by atoms with van der Waals surface area (Å²) in [4.78, 5) is 17.8. The number of aromatic nitrogens is 3. The van der Waals surface area contributed by atoms with Crippen LogP contribution in [0.25, 0.3) is 16.9 Å². The highest BCUT2D eigenvalue weighted by Crippen LogP contribution is 2.26. The fourth-order valence-corrected chi connectivity index (χ4v) is 3.27. The van der Waals surface area contributed by atoms with Crippen LogP contribution in [0.5, 0.6) is 0 Å². The number of carboxylic acid groups (broad SMARTS) is 1. The average Bonchev–Trinajstić information content (AvgIpc) is 3.24. The summed E-state index contributed by atoms with van der Waals surface area (Å²) < 4.78 is 2.74. The van der Waals surface area contributed by atoms with Crippen molar-refractivity contribution in [1.82, 2.24) is 14.6 Å². The van der Waals surface area contributed by atoms with Crippen LogP contribution in [0.1, 0.15) is 23.3 Å². The fraction of sp³-hybridized carbons (Fsp3) is 0.235. The van der Waals surface area contributed by atoms with E-state index in [4.69, 9.17) is 0 Å². The monoisotopic (exact) mass is 386 g/mol. The first-order chi connectivity index (χ1) is 11.6. The van der Waals surface area contributed by atoms with Crippen molar-refractivity contribution in [2.24, 2.45) is 0 Å². The zero-order valence-corrected chi connectivity index (χ0v) is 14.4. The van der Waals surface area contributed by atoms with E-state index in [1.807, 2.05) is 30.3 Å². The molecule has 1 aliphatic rings. The molecule has 0 bridgehead atoms. The summed E-state index contributed by atoms with van der Waals surface area (Å²) in [5.74, 6) is -0.234. The molecule has 0 saturated carbocycles. The van der Waals surface area contributed by atoms with Crippen molar-refractivity contribution >= 4 is 33.4 Å². The van der Waals surface area contributed by atoms with Crippen LogP contribution in [-0.2, 0) is 0 Å². The summed E-state index contributed by atoms with van der Waals surface area (Å²) in [7, 11) is 0. The first-order valence-corrected chi connectivity index (χ1v) is 8.56. The summed E-state index contributed by atoms with van der Waals surface area (Å²) >= 11 is 3.42. The number of carbonyl (C=O) groups is 1. The van der Waals surface area contributed by atoms with Gasteiger partial charge in [-0.3, -0.25) is 0 Å². The van der Waals surface area contributed by atoms with Crippen LogP contribution in [-0.4, -0.2) is 38.8 Å². The highest BCUT2D eigenvalue weighted by Gasteiger charge is 2.20.